The Kier molecular flexibility index (Phi) is 6.87. The van der Waals surface area contributed by atoms with Crippen LogP contribution in [0.1, 0.15) is 0 Å². The zero-order chi connectivity index (χ0) is 11.0. The quantitative estimate of drug-likeness (QED) is 0.503. The second-order valence-corrected chi connectivity index (χ2v) is 2.35. The summed E-state index contributed by atoms with van der Waals surface area (Å²) in [6.45, 7) is -4.88. The molecule has 0 unspecified atom stereocenters. The predicted molar refractivity (Wildman–Crippen MR) is 39.0 cm³/mol. The van der Waals surface area contributed by atoms with E-state index in [1.54, 1.807) is 0 Å². The monoisotopic (exact) mass is 218 g/mol. The zero-order valence-corrected chi connectivity index (χ0v) is 7.22. The lowest BCUT2D eigenvalue weighted by molar-refractivity contribution is -0.0243. The molecule has 0 saturated carbocycles. The zero-order valence-electron chi connectivity index (χ0n) is 7.22. The summed E-state index contributed by atoms with van der Waals surface area (Å²) in [4.78, 5) is 10.6. The molecule has 0 aromatic rings. The Morgan fingerprint density at radius 1 is 0.857 bits per heavy atom. The number of alkyl halides is 4. The predicted octanol–water partition coefficient (Wildman–Crippen LogP) is 1.75. The molecule has 7 heteroatoms. The maximum absolute atomic E-state index is 11.8. The van der Waals surface area contributed by atoms with Crippen molar-refractivity contribution in [1.29, 1.82) is 0 Å². The first-order chi connectivity index (χ1) is 6.67. The lowest BCUT2D eigenvalue weighted by Gasteiger charge is -2.13. The van der Waals surface area contributed by atoms with Gasteiger partial charge in [0.25, 0.3) is 0 Å². The van der Waals surface area contributed by atoms with E-state index in [1.165, 1.54) is 0 Å². The van der Waals surface area contributed by atoms with E-state index in [9.17, 15) is 22.4 Å². The van der Waals surface area contributed by atoms with Gasteiger partial charge in [-0.05, 0) is 0 Å². The smallest absolute Gasteiger partial charge is 0.425 e. The van der Waals surface area contributed by atoms with E-state index in [2.05, 4.69) is 9.47 Å². The molecule has 0 saturated heterocycles. The molecule has 0 aromatic heterocycles. The van der Waals surface area contributed by atoms with Gasteiger partial charge in [0, 0.05) is 0 Å². The van der Waals surface area contributed by atoms with Crippen LogP contribution in [0.2, 0.25) is 0 Å². The van der Waals surface area contributed by atoms with E-state index < -0.39 is 45.1 Å². The van der Waals surface area contributed by atoms with Gasteiger partial charge >= 0.3 is 6.16 Å². The van der Waals surface area contributed by atoms with Crippen LogP contribution >= 0.6 is 0 Å². The fraction of sp³-hybridized carbons (Fsp3) is 0.857. The van der Waals surface area contributed by atoms with Crippen LogP contribution < -0.4 is 0 Å². The van der Waals surface area contributed by atoms with Crippen LogP contribution in [0.15, 0.2) is 0 Å². The number of hydrogen-bond acceptors (Lipinski definition) is 3. The van der Waals surface area contributed by atoms with Gasteiger partial charge in [0.15, 0.2) is 12.2 Å². The van der Waals surface area contributed by atoms with Gasteiger partial charge in [0.2, 0.25) is 0 Å². The molecule has 0 bridgehead atoms. The highest BCUT2D eigenvalue weighted by atomic mass is 19.1. The molecule has 0 atom stereocenters. The normalized spacial score (nSPS) is 10.7. The minimum absolute atomic E-state index is 1.22. The van der Waals surface area contributed by atoms with Crippen LogP contribution in [-0.4, -0.2) is 45.1 Å². The van der Waals surface area contributed by atoms with E-state index in [0.29, 0.717) is 0 Å². The average molecular weight is 218 g/mol. The molecule has 0 aliphatic rings. The average Bonchev–Trinajstić information content (AvgIpc) is 2.22. The molecule has 84 valence electrons. The molecule has 0 radical (unpaired) electrons. The molecule has 0 aliphatic heterocycles. The second kappa shape index (κ2) is 7.40. The first-order valence-corrected chi connectivity index (χ1v) is 3.79. The van der Waals surface area contributed by atoms with Crippen LogP contribution in [0.4, 0.5) is 22.4 Å². The van der Waals surface area contributed by atoms with Crippen LogP contribution in [0.3, 0.4) is 0 Å². The molecule has 0 spiro atoms. The van der Waals surface area contributed by atoms with Crippen molar-refractivity contribution in [2.24, 2.45) is 0 Å². The minimum Gasteiger partial charge on any atom is -0.425 e. The first kappa shape index (κ1) is 13.0. The van der Waals surface area contributed by atoms with Gasteiger partial charge in [-0.25, -0.2) is 22.4 Å². The fourth-order valence-electron chi connectivity index (χ4n) is 0.508. The molecule has 3 nitrogen and oxygen atoms in total. The van der Waals surface area contributed by atoms with Gasteiger partial charge in [-0.2, -0.15) is 0 Å². The molecule has 14 heavy (non-hydrogen) atoms. The van der Waals surface area contributed by atoms with Crippen molar-refractivity contribution < 1.29 is 31.8 Å². The number of halogens is 4. The third kappa shape index (κ3) is 4.88. The molecule has 0 N–H and O–H groups in total. The second-order valence-electron chi connectivity index (χ2n) is 2.35. The Bertz CT molecular complexity index is 143. The molecule has 0 amide bonds. The van der Waals surface area contributed by atoms with Crippen molar-refractivity contribution in [1.82, 2.24) is 0 Å². The van der Waals surface area contributed by atoms with E-state index in [-0.39, 0.29) is 0 Å². The van der Waals surface area contributed by atoms with Crippen molar-refractivity contribution in [3.63, 3.8) is 0 Å². The molecular formula is C7H10F4O3. The Morgan fingerprint density at radius 2 is 1.14 bits per heavy atom. The highest BCUT2D eigenvalue weighted by Gasteiger charge is 2.19. The molecule has 0 aliphatic carbocycles. The van der Waals surface area contributed by atoms with E-state index in [4.69, 9.17) is 0 Å². The summed E-state index contributed by atoms with van der Waals surface area (Å²) in [5.74, 6) is 0. The van der Waals surface area contributed by atoms with Crippen LogP contribution in [-0.2, 0) is 9.47 Å². The Morgan fingerprint density at radius 3 is 1.36 bits per heavy atom. The summed E-state index contributed by atoms with van der Waals surface area (Å²) in [5, 5.41) is 0. The number of carbonyl (C=O) groups is 1. The number of ether oxygens (including phenoxy) is 2. The molecule has 0 rings (SSSR count). The van der Waals surface area contributed by atoms with Crippen molar-refractivity contribution in [2.75, 3.05) is 26.7 Å². The van der Waals surface area contributed by atoms with Crippen molar-refractivity contribution in [2.45, 2.75) is 12.2 Å². The Labute approximate surface area is 78.0 Å². The maximum atomic E-state index is 11.8. The van der Waals surface area contributed by atoms with Gasteiger partial charge in [0.1, 0.15) is 26.7 Å². The van der Waals surface area contributed by atoms with Gasteiger partial charge in [-0.3, -0.25) is 0 Å². The summed E-state index contributed by atoms with van der Waals surface area (Å²) in [6.07, 6.45) is -4.64. The topological polar surface area (TPSA) is 35.5 Å². The molecule has 0 heterocycles. The molecule has 0 aromatic carbocycles. The standard InChI is InChI=1S/C7H10F4O3/c8-1-5(2-9)13-7(12)14-6(3-10)4-11/h5-6H,1-4H2. The van der Waals surface area contributed by atoms with Crippen LogP contribution in [0, 0.1) is 0 Å². The maximum Gasteiger partial charge on any atom is 0.509 e. The molecule has 0 fully saturated rings. The lowest BCUT2D eigenvalue weighted by Crippen LogP contribution is -2.28. The third-order valence-corrected chi connectivity index (χ3v) is 1.21. The number of hydrogen-bond donors (Lipinski definition) is 0. The van der Waals surface area contributed by atoms with Crippen molar-refractivity contribution in [3.05, 3.63) is 0 Å². The van der Waals surface area contributed by atoms with E-state index >= 15 is 0 Å². The number of rotatable bonds is 6. The minimum atomic E-state index is -1.58. The van der Waals surface area contributed by atoms with Crippen LogP contribution in [0.25, 0.3) is 0 Å². The van der Waals surface area contributed by atoms with Gasteiger partial charge < -0.3 is 9.47 Å². The van der Waals surface area contributed by atoms with Gasteiger partial charge in [-0.1, -0.05) is 0 Å². The Balaban J connectivity index is 3.83. The highest BCUT2D eigenvalue weighted by Crippen LogP contribution is 2.02. The third-order valence-electron chi connectivity index (χ3n) is 1.21. The van der Waals surface area contributed by atoms with E-state index in [1.807, 2.05) is 0 Å². The highest BCUT2D eigenvalue weighted by molar-refractivity contribution is 5.60. The molecular weight excluding hydrogens is 208 g/mol. The SMILES string of the molecule is O=C(OC(CF)CF)OC(CF)CF. The summed E-state index contributed by atoms with van der Waals surface area (Å²) in [7, 11) is 0. The number of carbonyl (C=O) groups excluding carboxylic acids is 1. The summed E-state index contributed by atoms with van der Waals surface area (Å²) >= 11 is 0. The fourth-order valence-corrected chi connectivity index (χ4v) is 0.508. The summed E-state index contributed by atoms with van der Waals surface area (Å²) in [5.41, 5.74) is 0. The summed E-state index contributed by atoms with van der Waals surface area (Å²) < 4.78 is 55.3. The first-order valence-electron chi connectivity index (χ1n) is 3.79. The van der Waals surface area contributed by atoms with Gasteiger partial charge in [-0.15, -0.1) is 0 Å². The van der Waals surface area contributed by atoms with Crippen LogP contribution in [0.5, 0.6) is 0 Å². The Hall–Kier alpha value is -1.01. The van der Waals surface area contributed by atoms with Crippen molar-refractivity contribution in [3.8, 4) is 0 Å². The van der Waals surface area contributed by atoms with E-state index in [0.717, 1.165) is 0 Å². The summed E-state index contributed by atoms with van der Waals surface area (Å²) in [6, 6.07) is 0. The lowest BCUT2D eigenvalue weighted by atomic mass is 10.4. The van der Waals surface area contributed by atoms with Gasteiger partial charge in [0.05, 0.1) is 0 Å². The van der Waals surface area contributed by atoms with Crippen molar-refractivity contribution >= 4 is 6.16 Å². The largest absolute Gasteiger partial charge is 0.509 e.